The van der Waals surface area contributed by atoms with Gasteiger partial charge in [-0.25, -0.2) is 0 Å². The van der Waals surface area contributed by atoms with Crippen molar-refractivity contribution in [1.29, 1.82) is 0 Å². The van der Waals surface area contributed by atoms with Crippen LogP contribution in [-0.2, 0) is 22.4 Å². The van der Waals surface area contributed by atoms with E-state index in [-0.39, 0.29) is 11.8 Å². The van der Waals surface area contributed by atoms with E-state index in [1.54, 1.807) is 4.90 Å². The first-order valence-electron chi connectivity index (χ1n) is 11.1. The molecule has 2 aromatic rings. The van der Waals surface area contributed by atoms with Crippen LogP contribution in [0.25, 0.3) is 0 Å². The van der Waals surface area contributed by atoms with Crippen LogP contribution in [0, 0.1) is 13.8 Å². The highest BCUT2D eigenvalue weighted by molar-refractivity contribution is 5.88. The van der Waals surface area contributed by atoms with Gasteiger partial charge in [0.2, 0.25) is 11.8 Å². The van der Waals surface area contributed by atoms with Crippen LogP contribution in [-0.4, -0.2) is 35.8 Å². The Labute approximate surface area is 181 Å². The molecule has 0 heterocycles. The fourth-order valence-electron chi connectivity index (χ4n) is 3.85. The van der Waals surface area contributed by atoms with Crippen molar-refractivity contribution < 1.29 is 9.59 Å². The summed E-state index contributed by atoms with van der Waals surface area (Å²) >= 11 is 0. The first-order valence-corrected chi connectivity index (χ1v) is 11.1. The zero-order valence-corrected chi connectivity index (χ0v) is 18.9. The average molecular weight is 409 g/mol. The summed E-state index contributed by atoms with van der Waals surface area (Å²) in [4.78, 5) is 28.0. The fraction of sp³-hybridized carbons (Fsp3) is 0.462. The van der Waals surface area contributed by atoms with E-state index in [1.165, 1.54) is 5.56 Å². The second kappa shape index (κ2) is 12.2. The standard InChI is InChI=1S/C26H36N2O2/c1-5-7-14-27-26(30)24(6-2)28(15-13-22-11-9-8-10-12-22)25(29)19-23-17-20(3)16-21(4)18-23/h8-12,16-18,24H,5-7,13-15,19H2,1-4H3,(H,27,30)/t24-/m1/s1. The number of rotatable bonds is 11. The Morgan fingerprint density at radius 3 is 2.23 bits per heavy atom. The molecule has 2 amide bonds. The molecular weight excluding hydrogens is 372 g/mol. The molecule has 4 heteroatoms. The third kappa shape index (κ3) is 7.33. The summed E-state index contributed by atoms with van der Waals surface area (Å²) in [6.07, 6.45) is 3.63. The lowest BCUT2D eigenvalue weighted by Gasteiger charge is -2.31. The van der Waals surface area contributed by atoms with Gasteiger partial charge in [0, 0.05) is 13.1 Å². The smallest absolute Gasteiger partial charge is 0.242 e. The first kappa shape index (κ1) is 23.7. The molecule has 0 aromatic heterocycles. The van der Waals surface area contributed by atoms with Crippen LogP contribution in [0.15, 0.2) is 48.5 Å². The summed E-state index contributed by atoms with van der Waals surface area (Å²) in [5.74, 6) is -0.0405. The highest BCUT2D eigenvalue weighted by Gasteiger charge is 2.28. The summed E-state index contributed by atoms with van der Waals surface area (Å²) in [6.45, 7) is 9.36. The molecule has 0 aliphatic carbocycles. The van der Waals surface area contributed by atoms with Crippen molar-refractivity contribution in [2.24, 2.45) is 0 Å². The molecule has 162 valence electrons. The molecule has 0 fully saturated rings. The number of hydrogen-bond donors (Lipinski definition) is 1. The minimum atomic E-state index is -0.441. The van der Waals surface area contributed by atoms with Crippen LogP contribution in [0.3, 0.4) is 0 Å². The molecule has 0 unspecified atom stereocenters. The Morgan fingerprint density at radius 2 is 1.63 bits per heavy atom. The Bertz CT molecular complexity index is 797. The van der Waals surface area contributed by atoms with Crippen molar-refractivity contribution in [3.8, 4) is 0 Å². The minimum Gasteiger partial charge on any atom is -0.354 e. The van der Waals surface area contributed by atoms with Crippen LogP contribution in [0.4, 0.5) is 0 Å². The van der Waals surface area contributed by atoms with Gasteiger partial charge in [-0.1, -0.05) is 79.9 Å². The number of benzene rings is 2. The van der Waals surface area contributed by atoms with Gasteiger partial charge in [-0.2, -0.15) is 0 Å². The Hall–Kier alpha value is -2.62. The SMILES string of the molecule is CCCCNC(=O)[C@@H](CC)N(CCc1ccccc1)C(=O)Cc1cc(C)cc(C)c1. The van der Waals surface area contributed by atoms with Crippen molar-refractivity contribution in [2.75, 3.05) is 13.1 Å². The first-order chi connectivity index (χ1) is 14.4. The molecule has 1 atom stereocenters. The second-order valence-electron chi connectivity index (χ2n) is 8.06. The van der Waals surface area contributed by atoms with Gasteiger partial charge in [0.1, 0.15) is 6.04 Å². The van der Waals surface area contributed by atoms with Crippen LogP contribution in [0.5, 0.6) is 0 Å². The number of nitrogens with zero attached hydrogens (tertiary/aromatic N) is 1. The molecule has 0 aliphatic rings. The molecule has 0 spiro atoms. The maximum Gasteiger partial charge on any atom is 0.242 e. The monoisotopic (exact) mass is 408 g/mol. The number of nitrogens with one attached hydrogen (secondary N) is 1. The highest BCUT2D eigenvalue weighted by Crippen LogP contribution is 2.14. The van der Waals surface area contributed by atoms with E-state index in [1.807, 2.05) is 39.0 Å². The number of hydrogen-bond acceptors (Lipinski definition) is 2. The van der Waals surface area contributed by atoms with E-state index in [2.05, 4.69) is 42.6 Å². The summed E-state index contributed by atoms with van der Waals surface area (Å²) in [5, 5.41) is 3.02. The van der Waals surface area contributed by atoms with Gasteiger partial charge in [0.15, 0.2) is 0 Å². The second-order valence-corrected chi connectivity index (χ2v) is 8.06. The lowest BCUT2D eigenvalue weighted by atomic mass is 10.0. The molecule has 4 nitrogen and oxygen atoms in total. The van der Waals surface area contributed by atoms with Gasteiger partial charge in [0.05, 0.1) is 6.42 Å². The molecule has 0 bridgehead atoms. The maximum atomic E-state index is 13.3. The summed E-state index contributed by atoms with van der Waals surface area (Å²) in [5.41, 5.74) is 4.47. The fourth-order valence-corrected chi connectivity index (χ4v) is 3.85. The number of aryl methyl sites for hydroxylation is 2. The van der Waals surface area contributed by atoms with Crippen LogP contribution in [0.1, 0.15) is 55.4 Å². The molecule has 0 saturated heterocycles. The molecule has 2 aromatic carbocycles. The zero-order valence-electron chi connectivity index (χ0n) is 18.9. The topological polar surface area (TPSA) is 49.4 Å². The van der Waals surface area contributed by atoms with E-state index < -0.39 is 6.04 Å². The number of amides is 2. The molecule has 0 radical (unpaired) electrons. The quantitative estimate of drug-likeness (QED) is 0.552. The molecule has 1 N–H and O–H groups in total. The van der Waals surface area contributed by atoms with Gasteiger partial charge < -0.3 is 10.2 Å². The van der Waals surface area contributed by atoms with Crippen molar-refractivity contribution in [2.45, 2.75) is 65.8 Å². The van der Waals surface area contributed by atoms with Crippen LogP contribution in [0.2, 0.25) is 0 Å². The Balaban J connectivity index is 2.19. The molecular formula is C26H36N2O2. The maximum absolute atomic E-state index is 13.3. The number of unbranched alkanes of at least 4 members (excludes halogenated alkanes) is 1. The van der Waals surface area contributed by atoms with Crippen molar-refractivity contribution >= 4 is 11.8 Å². The van der Waals surface area contributed by atoms with Gasteiger partial charge in [-0.3, -0.25) is 9.59 Å². The van der Waals surface area contributed by atoms with E-state index in [0.29, 0.717) is 25.9 Å². The van der Waals surface area contributed by atoms with Gasteiger partial charge in [0.25, 0.3) is 0 Å². The third-order valence-corrected chi connectivity index (χ3v) is 5.34. The summed E-state index contributed by atoms with van der Waals surface area (Å²) in [6, 6.07) is 15.9. The van der Waals surface area contributed by atoms with Gasteiger partial charge >= 0.3 is 0 Å². The van der Waals surface area contributed by atoms with Gasteiger partial charge in [-0.05, 0) is 44.2 Å². The predicted molar refractivity (Wildman–Crippen MR) is 123 cm³/mol. The van der Waals surface area contributed by atoms with E-state index >= 15 is 0 Å². The highest BCUT2D eigenvalue weighted by atomic mass is 16.2. The largest absolute Gasteiger partial charge is 0.354 e. The molecule has 30 heavy (non-hydrogen) atoms. The van der Waals surface area contributed by atoms with E-state index in [0.717, 1.165) is 36.0 Å². The van der Waals surface area contributed by atoms with Crippen LogP contribution >= 0.6 is 0 Å². The van der Waals surface area contributed by atoms with Crippen LogP contribution < -0.4 is 5.32 Å². The normalized spacial score (nSPS) is 11.7. The Morgan fingerprint density at radius 1 is 0.967 bits per heavy atom. The van der Waals surface area contributed by atoms with Crippen molar-refractivity contribution in [1.82, 2.24) is 10.2 Å². The minimum absolute atomic E-state index is 0.00780. The average Bonchev–Trinajstić information content (AvgIpc) is 2.71. The lowest BCUT2D eigenvalue weighted by Crippen LogP contribution is -2.50. The molecule has 2 rings (SSSR count). The predicted octanol–water partition coefficient (Wildman–Crippen LogP) is 4.61. The van der Waals surface area contributed by atoms with E-state index in [9.17, 15) is 9.59 Å². The zero-order chi connectivity index (χ0) is 21.9. The lowest BCUT2D eigenvalue weighted by molar-refractivity contribution is -0.140. The number of carbonyl (C=O) groups is 2. The Kier molecular flexibility index (Phi) is 9.59. The van der Waals surface area contributed by atoms with E-state index in [4.69, 9.17) is 0 Å². The van der Waals surface area contributed by atoms with Crippen molar-refractivity contribution in [3.63, 3.8) is 0 Å². The molecule has 0 aliphatic heterocycles. The van der Waals surface area contributed by atoms with Gasteiger partial charge in [-0.15, -0.1) is 0 Å². The van der Waals surface area contributed by atoms with Crippen molar-refractivity contribution in [3.05, 3.63) is 70.8 Å². The summed E-state index contributed by atoms with van der Waals surface area (Å²) < 4.78 is 0. The summed E-state index contributed by atoms with van der Waals surface area (Å²) in [7, 11) is 0. The molecule has 0 saturated carbocycles. The number of carbonyl (C=O) groups excluding carboxylic acids is 2. The third-order valence-electron chi connectivity index (χ3n) is 5.34.